The minimum Gasteiger partial charge on any atom is -0.493 e. The van der Waals surface area contributed by atoms with Gasteiger partial charge in [-0.1, -0.05) is 30.3 Å². The lowest BCUT2D eigenvalue weighted by Gasteiger charge is -2.11. The zero-order valence-corrected chi connectivity index (χ0v) is 20.1. The summed E-state index contributed by atoms with van der Waals surface area (Å²) in [7, 11) is 6.31. The molecule has 1 amide bonds. The Hall–Kier alpha value is -4.46. The molecule has 0 fully saturated rings. The number of benzene rings is 3. The Morgan fingerprint density at radius 3 is 2.09 bits per heavy atom. The smallest absolute Gasteiger partial charge is 0.272 e. The minimum atomic E-state index is -0.306. The third-order valence-corrected chi connectivity index (χ3v) is 5.55. The lowest BCUT2D eigenvalue weighted by Crippen LogP contribution is -2.24. The lowest BCUT2D eigenvalue weighted by atomic mass is 10.1. The Morgan fingerprint density at radius 2 is 1.43 bits per heavy atom. The number of carbonyl (C=O) groups excluding carboxylic acids is 1. The van der Waals surface area contributed by atoms with Crippen molar-refractivity contribution in [2.24, 2.45) is 0 Å². The van der Waals surface area contributed by atoms with Gasteiger partial charge in [0.1, 0.15) is 0 Å². The zero-order valence-electron chi connectivity index (χ0n) is 20.1. The molecule has 1 aromatic heterocycles. The predicted octanol–water partition coefficient (Wildman–Crippen LogP) is 4.50. The summed E-state index contributed by atoms with van der Waals surface area (Å²) < 4.78 is 23.2. The van der Waals surface area contributed by atoms with Crippen LogP contribution in [0.2, 0.25) is 0 Å². The zero-order chi connectivity index (χ0) is 24.8. The van der Waals surface area contributed by atoms with E-state index in [2.05, 4.69) is 10.4 Å². The lowest BCUT2D eigenvalue weighted by molar-refractivity contribution is 0.0946. The topological polar surface area (TPSA) is 83.8 Å². The number of aromatic nitrogens is 2. The number of carbonyl (C=O) groups is 1. The van der Waals surface area contributed by atoms with Crippen LogP contribution in [0.5, 0.6) is 23.0 Å². The molecule has 0 atom stereocenters. The van der Waals surface area contributed by atoms with Crippen LogP contribution in [0.1, 0.15) is 16.1 Å². The van der Waals surface area contributed by atoms with Crippen molar-refractivity contribution in [3.05, 3.63) is 84.2 Å². The Balaban J connectivity index is 1.68. The molecule has 1 heterocycles. The van der Waals surface area contributed by atoms with Crippen LogP contribution in [0.3, 0.4) is 0 Å². The molecule has 0 aliphatic carbocycles. The quantitative estimate of drug-likeness (QED) is 0.385. The van der Waals surface area contributed by atoms with Gasteiger partial charge in [0.2, 0.25) is 0 Å². The van der Waals surface area contributed by atoms with Crippen molar-refractivity contribution in [3.8, 4) is 39.8 Å². The highest BCUT2D eigenvalue weighted by atomic mass is 16.5. The van der Waals surface area contributed by atoms with Crippen molar-refractivity contribution in [2.75, 3.05) is 28.4 Å². The van der Waals surface area contributed by atoms with E-state index in [-0.39, 0.29) is 5.91 Å². The van der Waals surface area contributed by atoms with Crippen molar-refractivity contribution in [1.82, 2.24) is 15.1 Å². The van der Waals surface area contributed by atoms with E-state index in [1.807, 2.05) is 60.8 Å². The summed E-state index contributed by atoms with van der Waals surface area (Å²) in [5.74, 6) is 2.08. The third-order valence-electron chi connectivity index (χ3n) is 5.55. The highest BCUT2D eigenvalue weighted by Gasteiger charge is 2.20. The van der Waals surface area contributed by atoms with Crippen molar-refractivity contribution in [1.29, 1.82) is 0 Å². The van der Waals surface area contributed by atoms with Gasteiger partial charge < -0.3 is 24.3 Å². The summed E-state index contributed by atoms with van der Waals surface area (Å²) in [5, 5.41) is 7.58. The Bertz CT molecular complexity index is 1320. The highest BCUT2D eigenvalue weighted by molar-refractivity contribution is 5.99. The number of para-hydroxylation sites is 1. The van der Waals surface area contributed by atoms with Crippen LogP contribution in [0.4, 0.5) is 0 Å². The molecule has 8 heteroatoms. The molecule has 4 rings (SSSR count). The van der Waals surface area contributed by atoms with Crippen LogP contribution in [0.15, 0.2) is 72.9 Å². The molecule has 0 aliphatic heterocycles. The Labute approximate surface area is 204 Å². The van der Waals surface area contributed by atoms with E-state index in [9.17, 15) is 4.79 Å². The molecule has 3 aromatic carbocycles. The minimum absolute atomic E-state index is 0.293. The normalized spacial score (nSPS) is 10.5. The molecular weight excluding hydrogens is 446 g/mol. The summed E-state index contributed by atoms with van der Waals surface area (Å²) in [5.41, 5.74) is 3.45. The van der Waals surface area contributed by atoms with Gasteiger partial charge in [-0.05, 0) is 47.5 Å². The molecule has 4 aromatic rings. The van der Waals surface area contributed by atoms with Crippen LogP contribution in [-0.4, -0.2) is 44.1 Å². The summed E-state index contributed by atoms with van der Waals surface area (Å²) >= 11 is 0. The molecule has 0 radical (unpaired) electrons. The van der Waals surface area contributed by atoms with Gasteiger partial charge in [0.15, 0.2) is 28.7 Å². The first-order chi connectivity index (χ1) is 17.1. The molecule has 35 heavy (non-hydrogen) atoms. The first kappa shape index (κ1) is 23.7. The van der Waals surface area contributed by atoms with Crippen LogP contribution in [0, 0.1) is 0 Å². The number of hydrogen-bond acceptors (Lipinski definition) is 6. The predicted molar refractivity (Wildman–Crippen MR) is 133 cm³/mol. The number of nitrogens with one attached hydrogen (secondary N) is 1. The first-order valence-corrected chi connectivity index (χ1v) is 10.9. The number of rotatable bonds is 9. The van der Waals surface area contributed by atoms with E-state index < -0.39 is 0 Å². The fourth-order valence-electron chi connectivity index (χ4n) is 3.73. The maximum atomic E-state index is 13.3. The maximum absolute atomic E-state index is 13.3. The van der Waals surface area contributed by atoms with E-state index >= 15 is 0 Å². The van der Waals surface area contributed by atoms with Gasteiger partial charge >= 0.3 is 0 Å². The van der Waals surface area contributed by atoms with Crippen molar-refractivity contribution >= 4 is 5.91 Å². The van der Waals surface area contributed by atoms with Gasteiger partial charge in [-0.2, -0.15) is 5.10 Å². The van der Waals surface area contributed by atoms with Crippen LogP contribution >= 0.6 is 0 Å². The molecule has 8 nitrogen and oxygen atoms in total. The number of amides is 1. The second kappa shape index (κ2) is 10.6. The van der Waals surface area contributed by atoms with Crippen LogP contribution in [0.25, 0.3) is 16.8 Å². The molecule has 0 unspecified atom stereocenters. The molecule has 0 saturated carbocycles. The van der Waals surface area contributed by atoms with Crippen molar-refractivity contribution in [2.45, 2.75) is 6.54 Å². The van der Waals surface area contributed by atoms with Gasteiger partial charge in [-0.25, -0.2) is 4.68 Å². The van der Waals surface area contributed by atoms with E-state index in [4.69, 9.17) is 18.9 Å². The number of methoxy groups -OCH3 is 4. The van der Waals surface area contributed by atoms with E-state index in [0.717, 1.165) is 16.8 Å². The van der Waals surface area contributed by atoms with Crippen molar-refractivity contribution in [3.63, 3.8) is 0 Å². The summed E-state index contributed by atoms with van der Waals surface area (Å²) in [6, 6.07) is 20.6. The number of hydrogen-bond donors (Lipinski definition) is 1. The molecular formula is C27H27N3O5. The van der Waals surface area contributed by atoms with Gasteiger partial charge in [-0.3, -0.25) is 4.79 Å². The molecule has 0 aliphatic rings. The standard InChI is InChI=1S/C27H27N3O5/c1-32-22-12-10-18(14-24(22)34-3)16-28-27(31)26-21(17-30(29-26)20-8-6-5-7-9-20)19-11-13-23(33-2)25(15-19)35-4/h5-15,17H,16H2,1-4H3,(H,28,31). The molecule has 180 valence electrons. The van der Waals surface area contributed by atoms with Gasteiger partial charge in [0.25, 0.3) is 5.91 Å². The summed E-state index contributed by atoms with van der Waals surface area (Å²) in [4.78, 5) is 13.3. The largest absolute Gasteiger partial charge is 0.493 e. The highest BCUT2D eigenvalue weighted by Crippen LogP contribution is 2.34. The Kier molecular flexibility index (Phi) is 7.21. The number of ether oxygens (including phenoxy) is 4. The second-order valence-corrected chi connectivity index (χ2v) is 7.61. The van der Waals surface area contributed by atoms with Gasteiger partial charge in [0.05, 0.1) is 34.1 Å². The third kappa shape index (κ3) is 5.06. The van der Waals surface area contributed by atoms with E-state index in [1.54, 1.807) is 45.3 Å². The average Bonchev–Trinajstić information content (AvgIpc) is 3.37. The van der Waals surface area contributed by atoms with Crippen LogP contribution in [-0.2, 0) is 6.54 Å². The second-order valence-electron chi connectivity index (χ2n) is 7.61. The SMILES string of the molecule is COc1ccc(CNC(=O)c2nn(-c3ccccc3)cc2-c2ccc(OC)c(OC)c2)cc1OC. The van der Waals surface area contributed by atoms with Gasteiger partial charge in [-0.15, -0.1) is 0 Å². The average molecular weight is 474 g/mol. The molecule has 0 bridgehead atoms. The van der Waals surface area contributed by atoms with Crippen LogP contribution < -0.4 is 24.3 Å². The molecule has 0 saturated heterocycles. The Morgan fingerprint density at radius 1 is 0.800 bits per heavy atom. The van der Waals surface area contributed by atoms with E-state index in [0.29, 0.717) is 40.8 Å². The first-order valence-electron chi connectivity index (χ1n) is 10.9. The fraction of sp³-hybridized carbons (Fsp3) is 0.185. The van der Waals surface area contributed by atoms with E-state index in [1.165, 1.54) is 0 Å². The van der Waals surface area contributed by atoms with Crippen molar-refractivity contribution < 1.29 is 23.7 Å². The van der Waals surface area contributed by atoms with Gasteiger partial charge in [0, 0.05) is 18.3 Å². The monoisotopic (exact) mass is 473 g/mol. The number of nitrogens with zero attached hydrogens (tertiary/aromatic N) is 2. The maximum Gasteiger partial charge on any atom is 0.272 e. The molecule has 1 N–H and O–H groups in total. The summed E-state index contributed by atoms with van der Waals surface area (Å²) in [6.45, 7) is 0.294. The summed E-state index contributed by atoms with van der Waals surface area (Å²) in [6.07, 6.45) is 1.84. The molecule has 0 spiro atoms. The fourth-order valence-corrected chi connectivity index (χ4v) is 3.73.